The van der Waals surface area contributed by atoms with Gasteiger partial charge in [-0.05, 0) is 31.4 Å². The van der Waals surface area contributed by atoms with Gasteiger partial charge in [-0.3, -0.25) is 9.59 Å². The van der Waals surface area contributed by atoms with Gasteiger partial charge in [0.15, 0.2) is 0 Å². The van der Waals surface area contributed by atoms with Crippen molar-refractivity contribution in [2.45, 2.75) is 31.3 Å². The van der Waals surface area contributed by atoms with Gasteiger partial charge in [-0.25, -0.2) is 9.69 Å². The van der Waals surface area contributed by atoms with Gasteiger partial charge >= 0.3 is 6.03 Å². The lowest BCUT2D eigenvalue weighted by atomic mass is 10.1. The van der Waals surface area contributed by atoms with Crippen molar-refractivity contribution < 1.29 is 19.1 Å². The third-order valence-electron chi connectivity index (χ3n) is 5.09. The molecule has 126 valence electrons. The summed E-state index contributed by atoms with van der Waals surface area (Å²) in [6, 6.07) is 5.88. The van der Waals surface area contributed by atoms with Crippen LogP contribution < -0.4 is 9.64 Å². The molecule has 0 aromatic heterocycles. The van der Waals surface area contributed by atoms with E-state index < -0.39 is 6.04 Å². The van der Waals surface area contributed by atoms with Crippen LogP contribution in [0.5, 0.6) is 5.75 Å². The highest BCUT2D eigenvalue weighted by atomic mass is 16.5. The van der Waals surface area contributed by atoms with Gasteiger partial charge in [-0.2, -0.15) is 0 Å². The van der Waals surface area contributed by atoms with E-state index in [0.29, 0.717) is 37.4 Å². The first-order valence-electron chi connectivity index (χ1n) is 8.21. The van der Waals surface area contributed by atoms with E-state index in [1.807, 2.05) is 18.2 Å². The van der Waals surface area contributed by atoms with E-state index in [-0.39, 0.29) is 23.9 Å². The topological polar surface area (TPSA) is 70.2 Å². The van der Waals surface area contributed by atoms with Crippen molar-refractivity contribution in [3.8, 4) is 5.75 Å². The van der Waals surface area contributed by atoms with Gasteiger partial charge in [0.2, 0.25) is 0 Å². The maximum atomic E-state index is 12.9. The predicted octanol–water partition coefficient (Wildman–Crippen LogP) is 1.23. The Morgan fingerprint density at radius 1 is 1.00 bits per heavy atom. The molecule has 3 aliphatic rings. The Balaban J connectivity index is 1.60. The molecule has 0 unspecified atom stereocenters. The van der Waals surface area contributed by atoms with E-state index in [2.05, 4.69) is 0 Å². The fraction of sp³-hybridized carbons (Fsp3) is 0.471. The molecule has 0 radical (unpaired) electrons. The molecule has 0 N–H and O–H groups in total. The maximum absolute atomic E-state index is 12.9. The Bertz CT molecular complexity index is 698. The predicted molar refractivity (Wildman–Crippen MR) is 85.7 cm³/mol. The number of para-hydroxylation sites is 2. The highest BCUT2D eigenvalue weighted by molar-refractivity contribution is 6.11. The number of ether oxygens (including phenoxy) is 1. The van der Waals surface area contributed by atoms with Crippen molar-refractivity contribution in [3.63, 3.8) is 0 Å². The molecule has 7 nitrogen and oxygen atoms in total. The fourth-order valence-corrected chi connectivity index (χ4v) is 3.93. The van der Waals surface area contributed by atoms with Crippen LogP contribution in [-0.4, -0.2) is 59.9 Å². The molecule has 4 rings (SSSR count). The van der Waals surface area contributed by atoms with Crippen molar-refractivity contribution >= 4 is 23.5 Å². The van der Waals surface area contributed by atoms with Crippen molar-refractivity contribution in [1.82, 2.24) is 9.80 Å². The second kappa shape index (κ2) is 5.51. The summed E-state index contributed by atoms with van der Waals surface area (Å²) in [5.41, 5.74) is 0.673. The lowest BCUT2D eigenvalue weighted by molar-refractivity contribution is -0.133. The first kappa shape index (κ1) is 15.0. The van der Waals surface area contributed by atoms with E-state index in [9.17, 15) is 14.4 Å². The highest BCUT2D eigenvalue weighted by Crippen LogP contribution is 2.35. The molecule has 1 aromatic rings. The second-order valence-electron chi connectivity index (χ2n) is 6.31. The van der Waals surface area contributed by atoms with Crippen LogP contribution >= 0.6 is 0 Å². The number of rotatable bonds is 3. The van der Waals surface area contributed by atoms with Crippen LogP contribution in [0, 0.1) is 0 Å². The van der Waals surface area contributed by atoms with E-state index in [1.54, 1.807) is 23.0 Å². The molecule has 3 saturated heterocycles. The number of hydrogen-bond donors (Lipinski definition) is 0. The number of imide groups is 1. The van der Waals surface area contributed by atoms with Crippen LogP contribution in [0.25, 0.3) is 0 Å². The summed E-state index contributed by atoms with van der Waals surface area (Å²) >= 11 is 0. The SMILES string of the molecule is COc1ccccc1N1CC[C@H](N2C(=O)[C@H]3CCCN3C2=O)C1=O. The minimum Gasteiger partial charge on any atom is -0.495 e. The standard InChI is InChI=1S/C17H19N3O4/c1-24-14-7-3-2-5-11(14)18-10-8-13(15(18)21)20-16(22)12-6-4-9-19(12)17(20)23/h2-3,5,7,12-13H,4,6,8-10H2,1H3/t12-,13+/m1/s1. The molecule has 2 atom stereocenters. The number of hydrogen-bond acceptors (Lipinski definition) is 4. The molecule has 0 aliphatic carbocycles. The van der Waals surface area contributed by atoms with Gasteiger partial charge in [0.1, 0.15) is 17.8 Å². The van der Waals surface area contributed by atoms with Crippen LogP contribution in [0.2, 0.25) is 0 Å². The number of amides is 4. The van der Waals surface area contributed by atoms with Crippen LogP contribution in [-0.2, 0) is 9.59 Å². The number of nitrogens with zero attached hydrogens (tertiary/aromatic N) is 3. The van der Waals surface area contributed by atoms with Crippen LogP contribution in [0.4, 0.5) is 10.5 Å². The third kappa shape index (κ3) is 2.00. The van der Waals surface area contributed by atoms with Gasteiger partial charge in [0.25, 0.3) is 11.8 Å². The van der Waals surface area contributed by atoms with Crippen molar-refractivity contribution in [2.75, 3.05) is 25.1 Å². The first-order chi connectivity index (χ1) is 11.6. The molecule has 24 heavy (non-hydrogen) atoms. The molecule has 1 aromatic carbocycles. The number of benzene rings is 1. The molecule has 3 heterocycles. The quantitative estimate of drug-likeness (QED) is 0.782. The minimum atomic E-state index is -0.708. The van der Waals surface area contributed by atoms with Crippen molar-refractivity contribution in [1.29, 1.82) is 0 Å². The summed E-state index contributed by atoms with van der Waals surface area (Å²) in [6.45, 7) is 1.06. The summed E-state index contributed by atoms with van der Waals surface area (Å²) in [5.74, 6) is 0.159. The molecular weight excluding hydrogens is 310 g/mol. The summed E-state index contributed by atoms with van der Waals surface area (Å²) in [5, 5.41) is 0. The molecule has 3 aliphatic heterocycles. The van der Waals surface area contributed by atoms with Gasteiger partial charge in [-0.15, -0.1) is 0 Å². The average Bonchev–Trinajstić information content (AvgIpc) is 3.27. The molecule has 0 saturated carbocycles. The van der Waals surface area contributed by atoms with Gasteiger partial charge in [-0.1, -0.05) is 12.1 Å². The number of carbonyl (C=O) groups excluding carboxylic acids is 3. The molecule has 4 amide bonds. The first-order valence-corrected chi connectivity index (χ1v) is 8.21. The van der Waals surface area contributed by atoms with Crippen molar-refractivity contribution in [3.05, 3.63) is 24.3 Å². The normalized spacial score (nSPS) is 26.5. The Hall–Kier alpha value is -2.57. The smallest absolute Gasteiger partial charge is 0.328 e. The minimum absolute atomic E-state index is 0.220. The van der Waals surface area contributed by atoms with Crippen LogP contribution in [0.1, 0.15) is 19.3 Å². The van der Waals surface area contributed by atoms with Crippen LogP contribution in [0.3, 0.4) is 0 Å². The zero-order valence-electron chi connectivity index (χ0n) is 13.5. The third-order valence-corrected chi connectivity index (χ3v) is 5.09. The Morgan fingerprint density at radius 2 is 1.79 bits per heavy atom. The summed E-state index contributed by atoms with van der Waals surface area (Å²) in [6.07, 6.45) is 2.00. The van der Waals surface area contributed by atoms with Gasteiger partial charge in [0.05, 0.1) is 12.8 Å². The number of anilines is 1. The zero-order valence-corrected chi connectivity index (χ0v) is 13.5. The van der Waals surface area contributed by atoms with Gasteiger partial charge in [0, 0.05) is 13.1 Å². The van der Waals surface area contributed by atoms with Crippen molar-refractivity contribution in [2.24, 2.45) is 0 Å². The lowest BCUT2D eigenvalue weighted by Gasteiger charge is -2.23. The summed E-state index contributed by atoms with van der Waals surface area (Å²) < 4.78 is 5.32. The maximum Gasteiger partial charge on any atom is 0.328 e. The number of carbonyl (C=O) groups is 3. The number of fused-ring (bicyclic) bond motifs is 1. The summed E-state index contributed by atoms with van der Waals surface area (Å²) in [7, 11) is 1.55. The Kier molecular flexibility index (Phi) is 3.44. The fourth-order valence-electron chi connectivity index (χ4n) is 3.93. The largest absolute Gasteiger partial charge is 0.495 e. The van der Waals surface area contributed by atoms with Gasteiger partial charge < -0.3 is 14.5 Å². The molecule has 7 heteroatoms. The van der Waals surface area contributed by atoms with E-state index in [1.165, 1.54) is 4.90 Å². The highest BCUT2D eigenvalue weighted by Gasteiger charge is 2.53. The number of methoxy groups -OCH3 is 1. The number of urea groups is 1. The summed E-state index contributed by atoms with van der Waals surface area (Å²) in [4.78, 5) is 42.4. The molecule has 0 bridgehead atoms. The van der Waals surface area contributed by atoms with Crippen LogP contribution in [0.15, 0.2) is 24.3 Å². The Labute approximate surface area is 139 Å². The molecular formula is C17H19N3O4. The second-order valence-corrected chi connectivity index (χ2v) is 6.31. The average molecular weight is 329 g/mol. The van der Waals surface area contributed by atoms with E-state index in [4.69, 9.17) is 4.74 Å². The Morgan fingerprint density at radius 3 is 2.54 bits per heavy atom. The van der Waals surface area contributed by atoms with E-state index >= 15 is 0 Å². The molecule has 3 fully saturated rings. The molecule has 0 spiro atoms. The monoisotopic (exact) mass is 329 g/mol. The zero-order chi connectivity index (χ0) is 16.8. The van der Waals surface area contributed by atoms with E-state index in [0.717, 1.165) is 6.42 Å². The lowest BCUT2D eigenvalue weighted by Crippen LogP contribution is -2.46.